The number of halogens is 1. The van der Waals surface area contributed by atoms with E-state index >= 15 is 0 Å². The van der Waals surface area contributed by atoms with Crippen LogP contribution in [0.5, 0.6) is 0 Å². The first kappa shape index (κ1) is 12.0. The molecular formula is C9H11FN2O5. The van der Waals surface area contributed by atoms with Gasteiger partial charge in [-0.2, -0.15) is 4.39 Å². The van der Waals surface area contributed by atoms with Crippen molar-refractivity contribution >= 4 is 0 Å². The lowest BCUT2D eigenvalue weighted by Gasteiger charge is -2.36. The van der Waals surface area contributed by atoms with Crippen LogP contribution in [-0.4, -0.2) is 34.2 Å². The van der Waals surface area contributed by atoms with Gasteiger partial charge >= 0.3 is 5.69 Å². The summed E-state index contributed by atoms with van der Waals surface area (Å²) < 4.78 is 24.2. The highest BCUT2D eigenvalue weighted by Gasteiger charge is 2.35. The van der Waals surface area contributed by atoms with E-state index in [-0.39, 0.29) is 13.2 Å². The van der Waals surface area contributed by atoms with Gasteiger partial charge in [0.05, 0.1) is 12.8 Å². The number of ether oxygens (including phenoxy) is 2. The van der Waals surface area contributed by atoms with Crippen LogP contribution in [-0.2, 0) is 15.2 Å². The summed E-state index contributed by atoms with van der Waals surface area (Å²) in [4.78, 5) is 24.2. The molecule has 1 fully saturated rings. The summed E-state index contributed by atoms with van der Waals surface area (Å²) in [5.74, 6) is -1.10. The van der Waals surface area contributed by atoms with Crippen LogP contribution in [0, 0.1) is 5.82 Å². The van der Waals surface area contributed by atoms with Gasteiger partial charge in [-0.1, -0.05) is 0 Å². The summed E-state index contributed by atoms with van der Waals surface area (Å²) in [6, 6.07) is 0. The van der Waals surface area contributed by atoms with Crippen molar-refractivity contribution in [2.45, 2.75) is 18.9 Å². The second kappa shape index (κ2) is 4.06. The smallest absolute Gasteiger partial charge is 0.330 e. The summed E-state index contributed by atoms with van der Waals surface area (Å²) in [6.45, 7) is 1.20. The van der Waals surface area contributed by atoms with Crippen molar-refractivity contribution in [3.8, 4) is 0 Å². The normalized spacial score (nSPS) is 29.2. The van der Waals surface area contributed by atoms with Crippen molar-refractivity contribution in [3.05, 3.63) is 32.9 Å². The fourth-order valence-electron chi connectivity index (χ4n) is 1.53. The SMILES string of the molecule is CC1(n2cc(F)c(=O)[nH]c2=O)COC(O)CO1. The third-order valence-electron chi connectivity index (χ3n) is 2.49. The maximum absolute atomic E-state index is 13.1. The molecule has 0 saturated carbocycles. The maximum atomic E-state index is 13.1. The molecule has 17 heavy (non-hydrogen) atoms. The van der Waals surface area contributed by atoms with Crippen LogP contribution in [0.15, 0.2) is 15.8 Å². The van der Waals surface area contributed by atoms with Crippen molar-refractivity contribution in [1.82, 2.24) is 9.55 Å². The zero-order valence-corrected chi connectivity index (χ0v) is 8.97. The number of hydrogen-bond donors (Lipinski definition) is 2. The van der Waals surface area contributed by atoms with Gasteiger partial charge in [-0.3, -0.25) is 14.3 Å². The molecule has 7 nitrogen and oxygen atoms in total. The average Bonchev–Trinajstić information content (AvgIpc) is 2.28. The van der Waals surface area contributed by atoms with Crippen molar-refractivity contribution in [2.24, 2.45) is 0 Å². The standard InChI is InChI=1S/C9H11FN2O5/c1-9(4-16-6(13)3-17-9)12-2-5(10)7(14)11-8(12)15/h2,6,13H,3-4H2,1H3,(H,11,14,15). The van der Waals surface area contributed by atoms with Crippen LogP contribution in [0.25, 0.3) is 0 Å². The van der Waals surface area contributed by atoms with Gasteiger partial charge in [0.2, 0.25) is 5.82 Å². The van der Waals surface area contributed by atoms with E-state index in [1.165, 1.54) is 6.92 Å². The number of aromatic nitrogens is 2. The largest absolute Gasteiger partial charge is 0.366 e. The zero-order valence-electron chi connectivity index (χ0n) is 8.97. The molecule has 0 spiro atoms. The molecule has 1 saturated heterocycles. The molecule has 1 aromatic rings. The van der Waals surface area contributed by atoms with E-state index in [0.29, 0.717) is 0 Å². The summed E-state index contributed by atoms with van der Waals surface area (Å²) in [5, 5.41) is 9.09. The van der Waals surface area contributed by atoms with Gasteiger partial charge in [0.25, 0.3) is 5.56 Å². The fourth-order valence-corrected chi connectivity index (χ4v) is 1.53. The molecule has 1 aromatic heterocycles. The van der Waals surface area contributed by atoms with E-state index in [1.54, 1.807) is 0 Å². The molecule has 0 aliphatic carbocycles. The number of rotatable bonds is 1. The van der Waals surface area contributed by atoms with Crippen molar-refractivity contribution in [3.63, 3.8) is 0 Å². The Hall–Kier alpha value is -1.51. The first-order chi connectivity index (χ1) is 7.92. The summed E-state index contributed by atoms with van der Waals surface area (Å²) in [5.41, 5.74) is -3.16. The Morgan fingerprint density at radius 3 is 2.94 bits per heavy atom. The van der Waals surface area contributed by atoms with Gasteiger partial charge in [0.15, 0.2) is 12.0 Å². The van der Waals surface area contributed by atoms with E-state index in [0.717, 1.165) is 10.8 Å². The fraction of sp³-hybridized carbons (Fsp3) is 0.556. The van der Waals surface area contributed by atoms with Gasteiger partial charge in [-0.25, -0.2) is 4.79 Å². The van der Waals surface area contributed by atoms with Gasteiger partial charge in [-0.05, 0) is 6.92 Å². The predicted octanol–water partition coefficient (Wildman–Crippen LogP) is -1.29. The van der Waals surface area contributed by atoms with Crippen molar-refractivity contribution < 1.29 is 19.0 Å². The number of aliphatic hydroxyl groups excluding tert-OH is 1. The molecule has 2 unspecified atom stereocenters. The van der Waals surface area contributed by atoms with Gasteiger partial charge < -0.3 is 14.6 Å². The molecule has 94 valence electrons. The first-order valence-electron chi connectivity index (χ1n) is 4.88. The second-order valence-corrected chi connectivity index (χ2v) is 3.86. The molecule has 2 heterocycles. The monoisotopic (exact) mass is 246 g/mol. The Labute approximate surface area is 94.4 Å². The molecule has 2 atom stereocenters. The molecule has 1 aliphatic rings. The molecule has 0 bridgehead atoms. The van der Waals surface area contributed by atoms with Gasteiger partial charge in [0.1, 0.15) is 6.61 Å². The highest BCUT2D eigenvalue weighted by Crippen LogP contribution is 2.21. The Morgan fingerprint density at radius 1 is 1.65 bits per heavy atom. The summed E-state index contributed by atoms with van der Waals surface area (Å²) in [6.07, 6.45) is -0.325. The van der Waals surface area contributed by atoms with E-state index < -0.39 is 29.1 Å². The number of H-pyrrole nitrogens is 1. The Kier molecular flexibility index (Phi) is 2.86. The summed E-state index contributed by atoms with van der Waals surface area (Å²) in [7, 11) is 0. The number of aliphatic hydroxyl groups is 1. The van der Waals surface area contributed by atoms with Gasteiger partial charge in [0, 0.05) is 0 Å². The molecular weight excluding hydrogens is 235 g/mol. The second-order valence-electron chi connectivity index (χ2n) is 3.86. The maximum Gasteiger partial charge on any atom is 0.330 e. The minimum atomic E-state index is -1.26. The highest BCUT2D eigenvalue weighted by atomic mass is 19.1. The van der Waals surface area contributed by atoms with Crippen LogP contribution in [0.2, 0.25) is 0 Å². The van der Waals surface area contributed by atoms with Crippen LogP contribution in [0.1, 0.15) is 6.92 Å². The molecule has 8 heteroatoms. The quantitative estimate of drug-likeness (QED) is 0.643. The molecule has 0 radical (unpaired) electrons. The van der Waals surface area contributed by atoms with E-state index in [2.05, 4.69) is 0 Å². The third-order valence-corrected chi connectivity index (χ3v) is 2.49. The molecule has 2 rings (SSSR count). The van der Waals surface area contributed by atoms with E-state index in [4.69, 9.17) is 14.6 Å². The Morgan fingerprint density at radius 2 is 2.35 bits per heavy atom. The van der Waals surface area contributed by atoms with E-state index in [1.807, 2.05) is 4.98 Å². The summed E-state index contributed by atoms with van der Waals surface area (Å²) >= 11 is 0. The zero-order chi connectivity index (χ0) is 12.6. The lowest BCUT2D eigenvalue weighted by Crippen LogP contribution is -2.52. The minimum absolute atomic E-state index is 0.139. The van der Waals surface area contributed by atoms with Crippen LogP contribution >= 0.6 is 0 Å². The first-order valence-corrected chi connectivity index (χ1v) is 4.88. The highest BCUT2D eigenvalue weighted by molar-refractivity contribution is 4.91. The Bertz CT molecular complexity index is 529. The third kappa shape index (κ3) is 2.14. The van der Waals surface area contributed by atoms with Crippen LogP contribution < -0.4 is 11.2 Å². The minimum Gasteiger partial charge on any atom is -0.366 e. The number of nitrogens with one attached hydrogen (secondary N) is 1. The van der Waals surface area contributed by atoms with Crippen LogP contribution in [0.4, 0.5) is 4.39 Å². The molecule has 0 amide bonds. The number of nitrogens with zero attached hydrogens (tertiary/aromatic N) is 1. The van der Waals surface area contributed by atoms with E-state index in [9.17, 15) is 14.0 Å². The van der Waals surface area contributed by atoms with Crippen molar-refractivity contribution in [2.75, 3.05) is 13.2 Å². The predicted molar refractivity (Wildman–Crippen MR) is 52.8 cm³/mol. The topological polar surface area (TPSA) is 93.6 Å². The number of hydrogen-bond acceptors (Lipinski definition) is 5. The average molecular weight is 246 g/mol. The van der Waals surface area contributed by atoms with Gasteiger partial charge in [-0.15, -0.1) is 0 Å². The molecule has 0 aromatic carbocycles. The lowest BCUT2D eigenvalue weighted by atomic mass is 10.2. The molecule has 1 aliphatic heterocycles. The van der Waals surface area contributed by atoms with Crippen molar-refractivity contribution in [1.29, 1.82) is 0 Å². The lowest BCUT2D eigenvalue weighted by molar-refractivity contribution is -0.274. The number of aromatic amines is 1. The Balaban J connectivity index is 2.43. The van der Waals surface area contributed by atoms with Crippen LogP contribution in [0.3, 0.4) is 0 Å². The molecule has 2 N–H and O–H groups in total.